The third kappa shape index (κ3) is 4.81. The minimum atomic E-state index is -3.70. The van der Waals surface area contributed by atoms with Crippen molar-refractivity contribution in [1.82, 2.24) is 5.32 Å². The van der Waals surface area contributed by atoms with Gasteiger partial charge >= 0.3 is 0 Å². The van der Waals surface area contributed by atoms with Gasteiger partial charge in [-0.05, 0) is 49.7 Å². The molecule has 2 aromatic rings. The van der Waals surface area contributed by atoms with Crippen LogP contribution in [0.3, 0.4) is 0 Å². The summed E-state index contributed by atoms with van der Waals surface area (Å²) in [5.41, 5.74) is 1.88. The number of carbonyl (C=O) groups excluding carboxylic acids is 1. The zero-order valence-electron chi connectivity index (χ0n) is 13.3. The van der Waals surface area contributed by atoms with Gasteiger partial charge in [-0.15, -0.1) is 0 Å². The molecule has 0 spiro atoms. The Bertz CT molecular complexity index is 784. The first-order chi connectivity index (χ1) is 11.4. The van der Waals surface area contributed by atoms with E-state index < -0.39 is 10.0 Å². The minimum Gasteiger partial charge on any atom is -0.396 e. The first-order valence-electron chi connectivity index (χ1n) is 7.51. The summed E-state index contributed by atoms with van der Waals surface area (Å²) in [7, 11) is -3.70. The Morgan fingerprint density at radius 3 is 2.25 bits per heavy atom. The van der Waals surface area contributed by atoms with Crippen molar-refractivity contribution in [2.45, 2.75) is 18.2 Å². The van der Waals surface area contributed by atoms with Crippen LogP contribution in [-0.4, -0.2) is 32.6 Å². The molecule has 6 nitrogen and oxygen atoms in total. The average molecular weight is 348 g/mol. The highest BCUT2D eigenvalue weighted by Crippen LogP contribution is 2.17. The van der Waals surface area contributed by atoms with E-state index in [0.717, 1.165) is 5.56 Å². The van der Waals surface area contributed by atoms with Crippen LogP contribution in [0, 0.1) is 6.92 Å². The number of nitrogens with one attached hydrogen (secondary N) is 2. The Morgan fingerprint density at radius 1 is 1.04 bits per heavy atom. The van der Waals surface area contributed by atoms with E-state index in [2.05, 4.69) is 10.0 Å². The summed E-state index contributed by atoms with van der Waals surface area (Å²) in [6.45, 7) is 2.29. The second-order valence-electron chi connectivity index (χ2n) is 5.33. The number of rotatable bonds is 7. The fourth-order valence-corrected chi connectivity index (χ4v) is 3.06. The lowest BCUT2D eigenvalue weighted by Crippen LogP contribution is -2.25. The molecule has 128 valence electrons. The normalized spacial score (nSPS) is 11.1. The van der Waals surface area contributed by atoms with Crippen LogP contribution in [0.2, 0.25) is 0 Å². The van der Waals surface area contributed by atoms with Gasteiger partial charge in [0.15, 0.2) is 0 Å². The molecule has 0 heterocycles. The quantitative estimate of drug-likeness (QED) is 0.666. The van der Waals surface area contributed by atoms with Crippen LogP contribution < -0.4 is 10.0 Å². The Morgan fingerprint density at radius 2 is 1.67 bits per heavy atom. The second kappa shape index (κ2) is 7.94. The van der Waals surface area contributed by atoms with Gasteiger partial charge in [0.1, 0.15) is 0 Å². The van der Waals surface area contributed by atoms with Gasteiger partial charge in [-0.1, -0.05) is 17.7 Å². The van der Waals surface area contributed by atoms with Gasteiger partial charge in [0, 0.05) is 24.4 Å². The lowest BCUT2D eigenvalue weighted by molar-refractivity contribution is 0.0951. The molecule has 7 heteroatoms. The van der Waals surface area contributed by atoms with E-state index in [1.165, 1.54) is 24.3 Å². The molecule has 0 aromatic heterocycles. The molecule has 0 saturated heterocycles. The maximum absolute atomic E-state index is 12.3. The summed E-state index contributed by atoms with van der Waals surface area (Å²) in [6, 6.07) is 12.7. The Hall–Kier alpha value is -2.38. The predicted molar refractivity (Wildman–Crippen MR) is 92.5 cm³/mol. The highest BCUT2D eigenvalue weighted by molar-refractivity contribution is 7.92. The lowest BCUT2D eigenvalue weighted by atomic mass is 10.2. The van der Waals surface area contributed by atoms with Crippen LogP contribution in [0.5, 0.6) is 0 Å². The smallest absolute Gasteiger partial charge is 0.261 e. The fraction of sp³-hybridized carbons (Fsp3) is 0.235. The zero-order valence-corrected chi connectivity index (χ0v) is 14.1. The fourth-order valence-electron chi connectivity index (χ4n) is 2.00. The monoisotopic (exact) mass is 348 g/mol. The highest BCUT2D eigenvalue weighted by Gasteiger charge is 2.15. The van der Waals surface area contributed by atoms with Crippen molar-refractivity contribution in [2.24, 2.45) is 0 Å². The summed E-state index contributed by atoms with van der Waals surface area (Å²) in [5.74, 6) is -0.307. The van der Waals surface area contributed by atoms with Gasteiger partial charge in [0.05, 0.1) is 4.90 Å². The average Bonchev–Trinajstić information content (AvgIpc) is 2.57. The van der Waals surface area contributed by atoms with Crippen molar-refractivity contribution in [3.63, 3.8) is 0 Å². The number of aryl methyl sites for hydroxylation is 1. The first-order valence-corrected chi connectivity index (χ1v) is 8.99. The standard InChI is InChI=1S/C17H20N2O4S/c1-13-3-7-15(8-4-13)19-24(22,23)16-9-5-14(6-10-16)17(21)18-11-2-12-20/h3-10,19-20H,2,11-12H2,1H3,(H,18,21). The molecular formula is C17H20N2O4S. The Balaban J connectivity index is 2.08. The second-order valence-corrected chi connectivity index (χ2v) is 7.01. The van der Waals surface area contributed by atoms with E-state index in [4.69, 9.17) is 5.11 Å². The zero-order chi connectivity index (χ0) is 17.6. The molecule has 0 fully saturated rings. The molecular weight excluding hydrogens is 328 g/mol. The van der Waals surface area contributed by atoms with Crippen LogP contribution in [0.25, 0.3) is 0 Å². The minimum absolute atomic E-state index is 0.00212. The summed E-state index contributed by atoms with van der Waals surface area (Å²) in [5, 5.41) is 11.3. The molecule has 0 atom stereocenters. The molecule has 1 amide bonds. The molecule has 3 N–H and O–H groups in total. The van der Waals surface area contributed by atoms with Crippen molar-refractivity contribution in [2.75, 3.05) is 17.9 Å². The van der Waals surface area contributed by atoms with E-state index in [1.54, 1.807) is 12.1 Å². The highest BCUT2D eigenvalue weighted by atomic mass is 32.2. The number of anilines is 1. The summed E-state index contributed by atoms with van der Waals surface area (Å²) in [6.07, 6.45) is 0.471. The largest absolute Gasteiger partial charge is 0.396 e. The van der Waals surface area contributed by atoms with Crippen LogP contribution in [-0.2, 0) is 10.0 Å². The van der Waals surface area contributed by atoms with Crippen molar-refractivity contribution in [1.29, 1.82) is 0 Å². The number of aliphatic hydroxyl groups is 1. The van der Waals surface area contributed by atoms with Gasteiger partial charge in [-0.25, -0.2) is 8.42 Å². The topological polar surface area (TPSA) is 95.5 Å². The molecule has 0 aliphatic rings. The number of sulfonamides is 1. The number of amides is 1. The number of aliphatic hydroxyl groups excluding tert-OH is 1. The first kappa shape index (κ1) is 18.0. The van der Waals surface area contributed by atoms with Crippen molar-refractivity contribution in [3.8, 4) is 0 Å². The van der Waals surface area contributed by atoms with Crippen LogP contribution >= 0.6 is 0 Å². The molecule has 0 aliphatic heterocycles. The van der Waals surface area contributed by atoms with Gasteiger partial charge in [0.25, 0.3) is 15.9 Å². The molecule has 2 aromatic carbocycles. The third-order valence-corrected chi connectivity index (χ3v) is 4.75. The van der Waals surface area contributed by atoms with E-state index in [1.807, 2.05) is 19.1 Å². The van der Waals surface area contributed by atoms with Crippen molar-refractivity contribution in [3.05, 3.63) is 59.7 Å². The Labute approximate surface area is 141 Å². The summed E-state index contributed by atoms with van der Waals surface area (Å²) < 4.78 is 27.2. The van der Waals surface area contributed by atoms with E-state index in [-0.39, 0.29) is 17.4 Å². The molecule has 0 unspecified atom stereocenters. The molecule has 0 saturated carbocycles. The van der Waals surface area contributed by atoms with Gasteiger partial charge in [-0.2, -0.15) is 0 Å². The number of hydrogen-bond acceptors (Lipinski definition) is 4. The van der Waals surface area contributed by atoms with Crippen molar-refractivity contribution >= 4 is 21.6 Å². The van der Waals surface area contributed by atoms with Crippen LogP contribution in [0.4, 0.5) is 5.69 Å². The van der Waals surface area contributed by atoms with Crippen LogP contribution in [0.1, 0.15) is 22.3 Å². The maximum atomic E-state index is 12.3. The van der Waals surface area contributed by atoms with Gasteiger partial charge in [0.2, 0.25) is 0 Å². The summed E-state index contributed by atoms with van der Waals surface area (Å²) >= 11 is 0. The number of hydrogen-bond donors (Lipinski definition) is 3. The predicted octanol–water partition coefficient (Wildman–Crippen LogP) is 1.91. The molecule has 0 radical (unpaired) electrons. The molecule has 0 aliphatic carbocycles. The SMILES string of the molecule is Cc1ccc(NS(=O)(=O)c2ccc(C(=O)NCCCO)cc2)cc1. The van der Waals surface area contributed by atoms with Gasteiger partial charge < -0.3 is 10.4 Å². The van der Waals surface area contributed by atoms with E-state index >= 15 is 0 Å². The van der Waals surface area contributed by atoms with Gasteiger partial charge in [-0.3, -0.25) is 9.52 Å². The molecule has 24 heavy (non-hydrogen) atoms. The third-order valence-electron chi connectivity index (χ3n) is 3.35. The summed E-state index contributed by atoms with van der Waals surface area (Å²) in [4.78, 5) is 11.9. The number of carbonyl (C=O) groups is 1. The lowest BCUT2D eigenvalue weighted by Gasteiger charge is -2.09. The molecule has 2 rings (SSSR count). The maximum Gasteiger partial charge on any atom is 0.261 e. The van der Waals surface area contributed by atoms with Crippen molar-refractivity contribution < 1.29 is 18.3 Å². The van der Waals surface area contributed by atoms with E-state index in [0.29, 0.717) is 24.2 Å². The number of benzene rings is 2. The molecule has 0 bridgehead atoms. The Kier molecular flexibility index (Phi) is 5.94. The van der Waals surface area contributed by atoms with E-state index in [9.17, 15) is 13.2 Å². The van der Waals surface area contributed by atoms with Crippen LogP contribution in [0.15, 0.2) is 53.4 Å².